The second-order valence-corrected chi connectivity index (χ2v) is 3.15. The molecule has 1 heterocycles. The Bertz CT molecular complexity index is 424. The highest BCUT2D eigenvalue weighted by Gasteiger charge is 2.16. The molecular formula is C10H10N2O2. The lowest BCUT2D eigenvalue weighted by Gasteiger charge is -1.99. The number of carboxylic acids is 1. The van der Waals surface area contributed by atoms with Crippen molar-refractivity contribution < 1.29 is 9.90 Å². The molecule has 0 saturated heterocycles. The van der Waals surface area contributed by atoms with Crippen LogP contribution in [0.15, 0.2) is 23.2 Å². The van der Waals surface area contributed by atoms with Crippen LogP contribution in [0, 0.1) is 0 Å². The van der Waals surface area contributed by atoms with Gasteiger partial charge in [-0.2, -0.15) is 0 Å². The summed E-state index contributed by atoms with van der Waals surface area (Å²) in [5.41, 5.74) is 2.25. The van der Waals surface area contributed by atoms with Gasteiger partial charge in [-0.1, -0.05) is 6.07 Å². The Morgan fingerprint density at radius 2 is 2.36 bits per heavy atom. The molecule has 0 aliphatic carbocycles. The maximum atomic E-state index is 10.7. The Labute approximate surface area is 81.3 Å². The topological polar surface area (TPSA) is 61.7 Å². The number of amidine groups is 1. The van der Waals surface area contributed by atoms with E-state index in [1.165, 1.54) is 0 Å². The molecule has 1 aromatic carbocycles. The van der Waals surface area contributed by atoms with Gasteiger partial charge in [-0.3, -0.25) is 4.99 Å². The molecule has 0 spiro atoms. The number of anilines is 1. The van der Waals surface area contributed by atoms with E-state index in [1.807, 2.05) is 6.07 Å². The normalized spacial score (nSPS) is 16.5. The first kappa shape index (κ1) is 8.74. The van der Waals surface area contributed by atoms with Crippen LogP contribution in [0.25, 0.3) is 0 Å². The smallest absolute Gasteiger partial charge is 0.335 e. The molecule has 0 unspecified atom stereocenters. The SMILES string of the molecule is CN=C1Cc2ccc(C(=O)O)cc2N1. The van der Waals surface area contributed by atoms with Gasteiger partial charge < -0.3 is 10.4 Å². The molecule has 4 nitrogen and oxygen atoms in total. The van der Waals surface area contributed by atoms with Crippen molar-refractivity contribution in [2.24, 2.45) is 4.99 Å². The van der Waals surface area contributed by atoms with E-state index in [0.717, 1.165) is 23.5 Å². The largest absolute Gasteiger partial charge is 0.478 e. The first-order valence-electron chi connectivity index (χ1n) is 4.29. The molecule has 4 heteroatoms. The van der Waals surface area contributed by atoms with Gasteiger partial charge >= 0.3 is 5.97 Å². The Balaban J connectivity index is 2.40. The number of fused-ring (bicyclic) bond motifs is 1. The predicted molar refractivity (Wildman–Crippen MR) is 54.1 cm³/mol. The molecule has 0 bridgehead atoms. The zero-order valence-corrected chi connectivity index (χ0v) is 7.74. The van der Waals surface area contributed by atoms with Crippen molar-refractivity contribution >= 4 is 17.5 Å². The van der Waals surface area contributed by atoms with Crippen molar-refractivity contribution in [2.75, 3.05) is 12.4 Å². The fourth-order valence-electron chi connectivity index (χ4n) is 1.50. The minimum atomic E-state index is -0.906. The van der Waals surface area contributed by atoms with Gasteiger partial charge in [0.05, 0.1) is 5.56 Å². The van der Waals surface area contributed by atoms with Crippen molar-refractivity contribution in [3.63, 3.8) is 0 Å². The van der Waals surface area contributed by atoms with Crippen LogP contribution in [-0.4, -0.2) is 24.0 Å². The number of hydrogen-bond acceptors (Lipinski definition) is 2. The number of benzene rings is 1. The second-order valence-electron chi connectivity index (χ2n) is 3.15. The first-order valence-corrected chi connectivity index (χ1v) is 4.29. The van der Waals surface area contributed by atoms with E-state index in [4.69, 9.17) is 5.11 Å². The van der Waals surface area contributed by atoms with Crippen molar-refractivity contribution in [3.05, 3.63) is 29.3 Å². The van der Waals surface area contributed by atoms with Gasteiger partial charge in [-0.15, -0.1) is 0 Å². The van der Waals surface area contributed by atoms with Crippen molar-refractivity contribution in [1.29, 1.82) is 0 Å². The third kappa shape index (κ3) is 1.35. The van der Waals surface area contributed by atoms with Gasteiger partial charge in [0.25, 0.3) is 0 Å². The molecule has 0 atom stereocenters. The predicted octanol–water partition coefficient (Wildman–Crippen LogP) is 1.38. The number of carboxylic acid groups (broad SMARTS) is 1. The third-order valence-electron chi connectivity index (χ3n) is 2.26. The molecule has 0 saturated carbocycles. The molecule has 0 radical (unpaired) electrons. The number of aliphatic imine (C=N–C) groups is 1. The molecule has 1 aliphatic heterocycles. The standard InChI is InChI=1S/C10H10N2O2/c1-11-9-5-6-2-3-7(10(13)14)4-8(6)12-9/h2-4H,5H2,1H3,(H,11,12)(H,13,14). The Morgan fingerprint density at radius 3 is 3.00 bits per heavy atom. The molecule has 2 N–H and O–H groups in total. The third-order valence-corrected chi connectivity index (χ3v) is 2.26. The fraction of sp³-hybridized carbons (Fsp3) is 0.200. The van der Waals surface area contributed by atoms with Crippen LogP contribution in [0.3, 0.4) is 0 Å². The van der Waals surface area contributed by atoms with Crippen molar-refractivity contribution in [1.82, 2.24) is 0 Å². The Hall–Kier alpha value is -1.84. The van der Waals surface area contributed by atoms with E-state index in [0.29, 0.717) is 5.56 Å². The molecule has 0 fully saturated rings. The number of aromatic carboxylic acids is 1. The highest BCUT2D eigenvalue weighted by Crippen LogP contribution is 2.24. The number of nitrogens with one attached hydrogen (secondary N) is 1. The Kier molecular flexibility index (Phi) is 1.96. The molecule has 1 aliphatic rings. The lowest BCUT2D eigenvalue weighted by molar-refractivity contribution is 0.0697. The van der Waals surface area contributed by atoms with E-state index in [-0.39, 0.29) is 0 Å². The average Bonchev–Trinajstić information content (AvgIpc) is 2.58. The van der Waals surface area contributed by atoms with Crippen LogP contribution in [0.2, 0.25) is 0 Å². The molecule has 0 aromatic heterocycles. The summed E-state index contributed by atoms with van der Waals surface area (Å²) < 4.78 is 0. The summed E-state index contributed by atoms with van der Waals surface area (Å²) in [4.78, 5) is 14.7. The van der Waals surface area contributed by atoms with Crippen LogP contribution >= 0.6 is 0 Å². The molecule has 72 valence electrons. The summed E-state index contributed by atoms with van der Waals surface area (Å²) in [6.45, 7) is 0. The lowest BCUT2D eigenvalue weighted by atomic mass is 10.1. The number of hydrogen-bond donors (Lipinski definition) is 2. The van der Waals surface area contributed by atoms with E-state index in [1.54, 1.807) is 19.2 Å². The van der Waals surface area contributed by atoms with Gasteiger partial charge in [0.15, 0.2) is 0 Å². The molecule has 0 amide bonds. The molecule has 1 aromatic rings. The minimum absolute atomic E-state index is 0.300. The summed E-state index contributed by atoms with van der Waals surface area (Å²) in [5, 5.41) is 11.8. The van der Waals surface area contributed by atoms with Crippen LogP contribution in [0.1, 0.15) is 15.9 Å². The van der Waals surface area contributed by atoms with E-state index < -0.39 is 5.97 Å². The second kappa shape index (κ2) is 3.14. The Morgan fingerprint density at radius 1 is 1.57 bits per heavy atom. The van der Waals surface area contributed by atoms with Gasteiger partial charge in [-0.05, 0) is 17.7 Å². The van der Waals surface area contributed by atoms with E-state index in [9.17, 15) is 4.79 Å². The highest BCUT2D eigenvalue weighted by molar-refractivity contribution is 6.04. The number of carbonyl (C=O) groups is 1. The summed E-state index contributed by atoms with van der Waals surface area (Å²) in [6.07, 6.45) is 0.756. The van der Waals surface area contributed by atoms with Gasteiger partial charge in [0, 0.05) is 19.2 Å². The van der Waals surface area contributed by atoms with E-state index >= 15 is 0 Å². The van der Waals surface area contributed by atoms with Crippen LogP contribution in [0.4, 0.5) is 5.69 Å². The van der Waals surface area contributed by atoms with Crippen LogP contribution < -0.4 is 5.32 Å². The van der Waals surface area contributed by atoms with Gasteiger partial charge in [0.1, 0.15) is 5.84 Å². The monoisotopic (exact) mass is 190 g/mol. The average molecular weight is 190 g/mol. The van der Waals surface area contributed by atoms with Crippen molar-refractivity contribution in [2.45, 2.75) is 6.42 Å². The number of nitrogens with zero attached hydrogens (tertiary/aromatic N) is 1. The summed E-state index contributed by atoms with van der Waals surface area (Å²) in [5.74, 6) is -0.0287. The first-order chi connectivity index (χ1) is 6.70. The fourth-order valence-corrected chi connectivity index (χ4v) is 1.50. The van der Waals surface area contributed by atoms with E-state index in [2.05, 4.69) is 10.3 Å². The number of rotatable bonds is 1. The lowest BCUT2D eigenvalue weighted by Crippen LogP contribution is -2.05. The maximum Gasteiger partial charge on any atom is 0.335 e. The summed E-state index contributed by atoms with van der Waals surface area (Å²) in [7, 11) is 1.71. The highest BCUT2D eigenvalue weighted by atomic mass is 16.4. The summed E-state index contributed by atoms with van der Waals surface area (Å²) in [6, 6.07) is 5.07. The quantitative estimate of drug-likeness (QED) is 0.703. The zero-order chi connectivity index (χ0) is 10.1. The van der Waals surface area contributed by atoms with Gasteiger partial charge in [-0.25, -0.2) is 4.79 Å². The minimum Gasteiger partial charge on any atom is -0.478 e. The maximum absolute atomic E-state index is 10.7. The van der Waals surface area contributed by atoms with Crippen LogP contribution in [-0.2, 0) is 6.42 Å². The molecular weight excluding hydrogens is 180 g/mol. The molecule has 2 rings (SSSR count). The molecule has 14 heavy (non-hydrogen) atoms. The zero-order valence-electron chi connectivity index (χ0n) is 7.74. The summed E-state index contributed by atoms with van der Waals surface area (Å²) >= 11 is 0. The van der Waals surface area contributed by atoms with Crippen LogP contribution in [0.5, 0.6) is 0 Å². The van der Waals surface area contributed by atoms with Crippen molar-refractivity contribution in [3.8, 4) is 0 Å². The van der Waals surface area contributed by atoms with Gasteiger partial charge in [0.2, 0.25) is 0 Å².